The molecule has 4 rings (SSSR count). The van der Waals surface area contributed by atoms with E-state index < -0.39 is 0 Å². The SMILES string of the molecule is CC(C)c1cc(=O)[nH]c(-n2nc(-c3cccs3)cc2NC(=O)Cc2ccccc2)n1. The summed E-state index contributed by atoms with van der Waals surface area (Å²) in [5, 5.41) is 9.48. The topological polar surface area (TPSA) is 92.7 Å². The summed E-state index contributed by atoms with van der Waals surface area (Å²) < 4.78 is 1.48. The molecule has 0 aliphatic rings. The monoisotopic (exact) mass is 419 g/mol. The van der Waals surface area contributed by atoms with Crippen LogP contribution in [-0.2, 0) is 11.2 Å². The van der Waals surface area contributed by atoms with Crippen LogP contribution in [0, 0.1) is 0 Å². The van der Waals surface area contributed by atoms with Gasteiger partial charge in [-0.2, -0.15) is 9.78 Å². The first-order chi connectivity index (χ1) is 14.5. The molecular formula is C22H21N5O2S. The smallest absolute Gasteiger partial charge is 0.252 e. The third kappa shape index (κ3) is 4.38. The van der Waals surface area contributed by atoms with Gasteiger partial charge in [0.15, 0.2) is 0 Å². The van der Waals surface area contributed by atoms with E-state index in [0.717, 1.165) is 10.4 Å². The number of benzene rings is 1. The predicted molar refractivity (Wildman–Crippen MR) is 118 cm³/mol. The van der Waals surface area contributed by atoms with Crippen LogP contribution < -0.4 is 10.9 Å². The zero-order valence-electron chi connectivity index (χ0n) is 16.6. The van der Waals surface area contributed by atoms with E-state index in [9.17, 15) is 9.59 Å². The lowest BCUT2D eigenvalue weighted by Gasteiger charge is -2.10. The highest BCUT2D eigenvalue weighted by Crippen LogP contribution is 2.27. The molecule has 7 nitrogen and oxygen atoms in total. The Kier molecular flexibility index (Phi) is 5.58. The number of thiophene rings is 1. The van der Waals surface area contributed by atoms with Gasteiger partial charge in [-0.05, 0) is 22.9 Å². The third-order valence-corrected chi connectivity index (χ3v) is 5.39. The van der Waals surface area contributed by atoms with Gasteiger partial charge in [0, 0.05) is 12.1 Å². The highest BCUT2D eigenvalue weighted by atomic mass is 32.1. The molecule has 3 aromatic heterocycles. The number of rotatable bonds is 6. The second-order valence-corrected chi connectivity index (χ2v) is 8.11. The fraction of sp³-hybridized carbons (Fsp3) is 0.182. The van der Waals surface area contributed by atoms with E-state index in [0.29, 0.717) is 17.2 Å². The van der Waals surface area contributed by atoms with Crippen molar-refractivity contribution >= 4 is 23.1 Å². The van der Waals surface area contributed by atoms with Crippen LogP contribution in [0.25, 0.3) is 16.5 Å². The fourth-order valence-corrected chi connectivity index (χ4v) is 3.69. The second-order valence-electron chi connectivity index (χ2n) is 7.16. The highest BCUT2D eigenvalue weighted by molar-refractivity contribution is 7.13. The molecule has 2 N–H and O–H groups in total. The average molecular weight is 420 g/mol. The number of H-pyrrole nitrogens is 1. The van der Waals surface area contributed by atoms with Crippen LogP contribution >= 0.6 is 11.3 Å². The Morgan fingerprint density at radius 3 is 2.67 bits per heavy atom. The van der Waals surface area contributed by atoms with Crippen LogP contribution in [0.1, 0.15) is 31.0 Å². The van der Waals surface area contributed by atoms with Crippen LogP contribution in [-0.4, -0.2) is 25.7 Å². The molecule has 0 aliphatic carbocycles. The van der Waals surface area contributed by atoms with E-state index in [-0.39, 0.29) is 29.8 Å². The van der Waals surface area contributed by atoms with Gasteiger partial charge in [0.05, 0.1) is 17.0 Å². The summed E-state index contributed by atoms with van der Waals surface area (Å²) in [6.07, 6.45) is 0.232. The van der Waals surface area contributed by atoms with Gasteiger partial charge in [-0.3, -0.25) is 14.6 Å². The number of aromatic nitrogens is 4. The Hall–Kier alpha value is -3.52. The summed E-state index contributed by atoms with van der Waals surface area (Å²) in [7, 11) is 0. The number of carbonyl (C=O) groups excluding carboxylic acids is 1. The number of aromatic amines is 1. The molecule has 4 aromatic rings. The number of carbonyl (C=O) groups is 1. The molecule has 0 saturated carbocycles. The van der Waals surface area contributed by atoms with Crippen LogP contribution in [0.4, 0.5) is 5.82 Å². The normalized spacial score (nSPS) is 11.0. The maximum Gasteiger partial charge on any atom is 0.252 e. The number of amides is 1. The number of anilines is 1. The lowest BCUT2D eigenvalue weighted by atomic mass is 10.1. The summed E-state index contributed by atoms with van der Waals surface area (Å²) >= 11 is 1.55. The molecule has 0 unspecified atom stereocenters. The minimum Gasteiger partial charge on any atom is -0.310 e. The van der Waals surface area contributed by atoms with Crippen molar-refractivity contribution in [2.24, 2.45) is 0 Å². The van der Waals surface area contributed by atoms with Gasteiger partial charge in [0.1, 0.15) is 11.5 Å². The lowest BCUT2D eigenvalue weighted by Crippen LogP contribution is -2.20. The second kappa shape index (κ2) is 8.46. The number of hydrogen-bond donors (Lipinski definition) is 2. The quantitative estimate of drug-likeness (QED) is 0.494. The molecule has 1 aromatic carbocycles. The number of nitrogens with one attached hydrogen (secondary N) is 2. The van der Waals surface area contributed by atoms with E-state index in [1.807, 2.05) is 61.7 Å². The van der Waals surface area contributed by atoms with Crippen molar-refractivity contribution in [3.05, 3.63) is 81.6 Å². The Morgan fingerprint density at radius 2 is 1.97 bits per heavy atom. The number of nitrogens with zero attached hydrogens (tertiary/aromatic N) is 3. The van der Waals surface area contributed by atoms with Gasteiger partial charge in [-0.15, -0.1) is 11.3 Å². The van der Waals surface area contributed by atoms with E-state index in [2.05, 4.69) is 20.4 Å². The molecule has 3 heterocycles. The van der Waals surface area contributed by atoms with Gasteiger partial charge in [0.25, 0.3) is 5.56 Å². The first kappa shape index (κ1) is 19.8. The third-order valence-electron chi connectivity index (χ3n) is 4.50. The van der Waals surface area contributed by atoms with Crippen molar-refractivity contribution in [1.29, 1.82) is 0 Å². The standard InChI is InChI=1S/C22H21N5O2S/c1-14(2)16-13-21(29)25-22(23-16)27-19(12-17(26-27)18-9-6-10-30-18)24-20(28)11-15-7-4-3-5-8-15/h3-10,12-14H,11H2,1-2H3,(H,24,28)(H,23,25,29). The Bertz CT molecular complexity index is 1210. The summed E-state index contributed by atoms with van der Waals surface area (Å²) in [6, 6.07) is 16.7. The summed E-state index contributed by atoms with van der Waals surface area (Å²) in [5.74, 6) is 0.615. The van der Waals surface area contributed by atoms with Crippen LogP contribution in [0.5, 0.6) is 0 Å². The zero-order chi connectivity index (χ0) is 21.1. The maximum atomic E-state index is 12.7. The Balaban J connectivity index is 1.72. The summed E-state index contributed by atoms with van der Waals surface area (Å²) in [4.78, 5) is 33.1. The molecule has 0 radical (unpaired) electrons. The summed E-state index contributed by atoms with van der Waals surface area (Å²) in [6.45, 7) is 3.93. The maximum absolute atomic E-state index is 12.7. The molecule has 30 heavy (non-hydrogen) atoms. The largest absolute Gasteiger partial charge is 0.310 e. The van der Waals surface area contributed by atoms with Crippen LogP contribution in [0.3, 0.4) is 0 Å². The van der Waals surface area contributed by atoms with Gasteiger partial charge in [-0.1, -0.05) is 50.2 Å². The molecule has 0 atom stereocenters. The van der Waals surface area contributed by atoms with Crippen molar-refractivity contribution < 1.29 is 4.79 Å². The van der Waals surface area contributed by atoms with Crippen molar-refractivity contribution in [1.82, 2.24) is 19.7 Å². The van der Waals surface area contributed by atoms with E-state index in [1.54, 1.807) is 17.4 Å². The molecular weight excluding hydrogens is 398 g/mol. The molecule has 0 fully saturated rings. The molecule has 0 spiro atoms. The molecule has 152 valence electrons. The lowest BCUT2D eigenvalue weighted by molar-refractivity contribution is -0.115. The predicted octanol–water partition coefficient (Wildman–Crippen LogP) is 3.99. The molecule has 8 heteroatoms. The Morgan fingerprint density at radius 1 is 1.17 bits per heavy atom. The van der Waals surface area contributed by atoms with Gasteiger partial charge >= 0.3 is 0 Å². The molecule has 0 saturated heterocycles. The van der Waals surface area contributed by atoms with Crippen molar-refractivity contribution in [3.63, 3.8) is 0 Å². The van der Waals surface area contributed by atoms with Crippen molar-refractivity contribution in [2.45, 2.75) is 26.2 Å². The summed E-state index contributed by atoms with van der Waals surface area (Å²) in [5.41, 5.74) is 1.99. The minimum atomic E-state index is -0.265. The fourth-order valence-electron chi connectivity index (χ4n) is 3.00. The first-order valence-electron chi connectivity index (χ1n) is 9.59. The zero-order valence-corrected chi connectivity index (χ0v) is 17.4. The Labute approximate surface area is 177 Å². The first-order valence-corrected chi connectivity index (χ1v) is 10.5. The van der Waals surface area contributed by atoms with Gasteiger partial charge in [-0.25, -0.2) is 4.98 Å². The van der Waals surface area contributed by atoms with E-state index >= 15 is 0 Å². The molecule has 0 bridgehead atoms. The van der Waals surface area contributed by atoms with Crippen LogP contribution in [0.2, 0.25) is 0 Å². The highest BCUT2D eigenvalue weighted by Gasteiger charge is 2.17. The van der Waals surface area contributed by atoms with Gasteiger partial charge < -0.3 is 5.32 Å². The van der Waals surface area contributed by atoms with Gasteiger partial charge in [0.2, 0.25) is 11.9 Å². The van der Waals surface area contributed by atoms with Crippen LogP contribution in [0.15, 0.2) is 64.8 Å². The van der Waals surface area contributed by atoms with E-state index in [1.165, 1.54) is 10.7 Å². The van der Waals surface area contributed by atoms with Crippen molar-refractivity contribution in [3.8, 4) is 16.5 Å². The average Bonchev–Trinajstić information content (AvgIpc) is 3.38. The van der Waals surface area contributed by atoms with Crippen molar-refractivity contribution in [2.75, 3.05) is 5.32 Å². The van der Waals surface area contributed by atoms with E-state index in [4.69, 9.17) is 0 Å². The molecule has 1 amide bonds. The minimum absolute atomic E-state index is 0.0782. The number of hydrogen-bond acceptors (Lipinski definition) is 5. The molecule has 0 aliphatic heterocycles.